The molecule has 46 heavy (non-hydrogen) atoms. The van der Waals surface area contributed by atoms with Gasteiger partial charge >= 0.3 is 41.9 Å². The normalized spacial score (nSPS) is 10.4. The molecule has 0 unspecified atom stereocenters. The predicted molar refractivity (Wildman–Crippen MR) is 188 cm³/mol. The Morgan fingerprint density at radius 3 is 1.35 bits per heavy atom. The quantitative estimate of drug-likeness (QED) is 0.186. The Balaban J connectivity index is 0.000000180. The summed E-state index contributed by atoms with van der Waals surface area (Å²) >= 11 is 1.74. The van der Waals surface area contributed by atoms with Crippen molar-refractivity contribution in [1.82, 2.24) is 9.97 Å². The molecule has 0 aliphatic heterocycles. The van der Waals surface area contributed by atoms with Gasteiger partial charge in [0.05, 0.1) is 11.0 Å². The van der Waals surface area contributed by atoms with Crippen LogP contribution in [0.3, 0.4) is 0 Å². The van der Waals surface area contributed by atoms with E-state index in [1.54, 1.807) is 23.3 Å². The fourth-order valence-corrected chi connectivity index (χ4v) is 5.71. The molecule has 0 saturated heterocycles. The van der Waals surface area contributed by atoms with Crippen molar-refractivity contribution >= 4 is 48.8 Å². The van der Waals surface area contributed by atoms with Gasteiger partial charge in [0.15, 0.2) is 0 Å². The van der Waals surface area contributed by atoms with Gasteiger partial charge in [-0.3, -0.25) is 9.97 Å². The summed E-state index contributed by atoms with van der Waals surface area (Å²) in [5, 5.41) is 7.58. The van der Waals surface area contributed by atoms with E-state index < -0.39 is 0 Å². The molecule has 0 amide bonds. The second-order valence-electron chi connectivity index (χ2n) is 11.5. The minimum absolute atomic E-state index is 0. The SMILES string of the molecule is C[Si](C)=[Zr+2].Cc1cc2c(-c3cnc4ccccc4c3)cccc2[cH-]1.Cc1cc2c(-c3cnc4ccccc4c3)cccc2[cH-]1.[Cl-].[Cl-]. The van der Waals surface area contributed by atoms with Crippen molar-refractivity contribution in [2.24, 2.45) is 0 Å². The molecule has 0 fully saturated rings. The molecular weight excluding hydrogens is 699 g/mol. The standard InChI is InChI=1S/2C19H14N.C2H6Si.2ClH.Zr/c2*1-13-9-14-6-4-7-17(18(14)10-13)16-11-15-5-2-3-8-19(15)20-12-16;1-3-2;;;/h2*2-12H,1H3;1-2H3;2*1H;/q2*-1;;;;+2/p-2. The zero-order valence-electron chi connectivity index (χ0n) is 26.4. The molecule has 8 rings (SSSR count). The second-order valence-corrected chi connectivity index (χ2v) is 20.9. The first-order valence-electron chi connectivity index (χ1n) is 14.9. The molecule has 2 heterocycles. The third kappa shape index (κ3) is 8.11. The van der Waals surface area contributed by atoms with Gasteiger partial charge in [-0.05, 0) is 35.4 Å². The molecule has 0 N–H and O–H groups in total. The average molecular weight is 733 g/mol. The predicted octanol–water partition coefficient (Wildman–Crippen LogP) is 4.96. The number of rotatable bonds is 2. The number of hydrogen-bond donors (Lipinski definition) is 0. The van der Waals surface area contributed by atoms with Crippen molar-refractivity contribution in [2.75, 3.05) is 0 Å². The van der Waals surface area contributed by atoms with Crippen molar-refractivity contribution < 1.29 is 48.1 Å². The van der Waals surface area contributed by atoms with Crippen LogP contribution < -0.4 is 24.8 Å². The fraction of sp³-hybridized carbons (Fsp3) is 0.100. The van der Waals surface area contributed by atoms with Gasteiger partial charge in [0.25, 0.3) is 0 Å². The van der Waals surface area contributed by atoms with Gasteiger partial charge in [-0.15, -0.1) is 69.1 Å². The molecule has 2 aromatic heterocycles. The molecule has 228 valence electrons. The molecule has 0 atom stereocenters. The van der Waals surface area contributed by atoms with Crippen molar-refractivity contribution in [3.05, 3.63) is 145 Å². The number of nitrogens with zero attached hydrogens (tertiary/aromatic N) is 2. The number of aromatic nitrogens is 2. The zero-order chi connectivity index (χ0) is 30.6. The van der Waals surface area contributed by atoms with E-state index in [-0.39, 0.29) is 30.2 Å². The molecule has 8 aromatic rings. The molecule has 6 aromatic carbocycles. The first-order valence-corrected chi connectivity index (χ1v) is 21.1. The smallest absolute Gasteiger partial charge is 0.0702 e. The third-order valence-corrected chi connectivity index (χ3v) is 7.59. The van der Waals surface area contributed by atoms with Crippen LogP contribution in [0, 0.1) is 13.8 Å². The maximum absolute atomic E-state index is 4.57. The van der Waals surface area contributed by atoms with E-state index in [2.05, 4.69) is 134 Å². The summed E-state index contributed by atoms with van der Waals surface area (Å²) in [6.45, 7) is 8.90. The summed E-state index contributed by atoms with van der Waals surface area (Å²) in [6.07, 6.45) is 3.94. The Bertz CT molecular complexity index is 2110. The van der Waals surface area contributed by atoms with Crippen LogP contribution in [0.5, 0.6) is 0 Å². The number of pyridine rings is 2. The van der Waals surface area contributed by atoms with Gasteiger partial charge in [-0.25, -0.2) is 0 Å². The second kappa shape index (κ2) is 15.9. The third-order valence-electron chi connectivity index (χ3n) is 7.59. The Labute approximate surface area is 298 Å². The summed E-state index contributed by atoms with van der Waals surface area (Å²) in [4.78, 5) is 9.14. The Hall–Kier alpha value is -3.40. The van der Waals surface area contributed by atoms with E-state index in [4.69, 9.17) is 0 Å². The number of aryl methyl sites for hydroxylation is 2. The van der Waals surface area contributed by atoms with Gasteiger partial charge in [0.1, 0.15) is 0 Å². The fourth-order valence-electron chi connectivity index (χ4n) is 5.71. The van der Waals surface area contributed by atoms with Crippen LogP contribution >= 0.6 is 0 Å². The Morgan fingerprint density at radius 2 is 0.935 bits per heavy atom. The average Bonchev–Trinajstić information content (AvgIpc) is 3.61. The van der Waals surface area contributed by atoms with Gasteiger partial charge in [0.2, 0.25) is 0 Å². The van der Waals surface area contributed by atoms with E-state index >= 15 is 0 Å². The first kappa shape index (κ1) is 35.5. The summed E-state index contributed by atoms with van der Waals surface area (Å²) < 4.78 is 0. The largest absolute Gasteiger partial charge is 1.00 e. The van der Waals surface area contributed by atoms with Gasteiger partial charge in [0, 0.05) is 23.2 Å². The van der Waals surface area contributed by atoms with Crippen molar-refractivity contribution in [3.63, 3.8) is 0 Å². The summed E-state index contributed by atoms with van der Waals surface area (Å²) in [7, 11) is 0. The number of halogens is 2. The molecule has 0 spiro atoms. The molecule has 0 bridgehead atoms. The Morgan fingerprint density at radius 1 is 0.543 bits per heavy atom. The Kier molecular flexibility index (Phi) is 12.3. The zero-order valence-corrected chi connectivity index (χ0v) is 31.3. The topological polar surface area (TPSA) is 25.8 Å². The summed E-state index contributed by atoms with van der Waals surface area (Å²) in [5.41, 5.74) is 9.79. The monoisotopic (exact) mass is 730 g/mol. The minimum atomic E-state index is 0. The molecule has 0 radical (unpaired) electrons. The summed E-state index contributed by atoms with van der Waals surface area (Å²) in [5.74, 6) is 0. The molecule has 0 aliphatic rings. The summed E-state index contributed by atoms with van der Waals surface area (Å²) in [6, 6.07) is 42.8. The number of fused-ring (bicyclic) bond motifs is 4. The van der Waals surface area contributed by atoms with Gasteiger partial charge in [-0.1, -0.05) is 73.5 Å². The van der Waals surface area contributed by atoms with E-state index in [0.717, 1.165) is 11.0 Å². The van der Waals surface area contributed by atoms with Crippen molar-refractivity contribution in [3.8, 4) is 22.3 Å². The maximum atomic E-state index is 4.57. The number of para-hydroxylation sites is 2. The van der Waals surface area contributed by atoms with E-state index in [0.29, 0.717) is 0 Å². The van der Waals surface area contributed by atoms with E-state index in [1.807, 2.05) is 36.7 Å². The van der Waals surface area contributed by atoms with E-state index in [9.17, 15) is 0 Å². The van der Waals surface area contributed by atoms with Crippen LogP contribution in [0.4, 0.5) is 0 Å². The van der Waals surface area contributed by atoms with Gasteiger partial charge in [-0.2, -0.15) is 12.1 Å². The maximum Gasteiger partial charge on any atom is 0.0702 e. The van der Waals surface area contributed by atoms with Crippen LogP contribution in [0.2, 0.25) is 13.1 Å². The molecule has 0 aliphatic carbocycles. The number of hydrogen-bond acceptors (Lipinski definition) is 2. The first-order chi connectivity index (χ1) is 21.4. The van der Waals surface area contributed by atoms with Crippen molar-refractivity contribution in [2.45, 2.75) is 26.9 Å². The molecular formula is C40H34Cl2N2SiZr-2. The minimum Gasteiger partial charge on any atom is -1.00 e. The molecule has 6 heteroatoms. The van der Waals surface area contributed by atoms with Crippen LogP contribution in [0.25, 0.3) is 65.6 Å². The molecule has 0 saturated carbocycles. The van der Waals surface area contributed by atoms with E-state index in [1.165, 1.54) is 65.7 Å². The van der Waals surface area contributed by atoms with Crippen LogP contribution in [-0.4, -0.2) is 15.4 Å². The van der Waals surface area contributed by atoms with Crippen molar-refractivity contribution in [1.29, 1.82) is 0 Å². The molecule has 2 nitrogen and oxygen atoms in total. The number of benzene rings is 4. The van der Waals surface area contributed by atoms with Gasteiger partial charge < -0.3 is 24.8 Å². The van der Waals surface area contributed by atoms with Crippen LogP contribution in [-0.2, 0) is 23.3 Å². The van der Waals surface area contributed by atoms with Crippen LogP contribution in [0.1, 0.15) is 11.1 Å². The van der Waals surface area contributed by atoms with Crippen LogP contribution in [0.15, 0.2) is 134 Å².